The van der Waals surface area contributed by atoms with E-state index in [2.05, 4.69) is 153 Å². The van der Waals surface area contributed by atoms with Crippen LogP contribution in [0.1, 0.15) is 27.8 Å². The Bertz CT molecular complexity index is 2390. The average molecular weight is 714 g/mol. The molecule has 0 aliphatic heterocycles. The highest BCUT2D eigenvalue weighted by Crippen LogP contribution is 2.35. The van der Waals surface area contributed by atoms with Crippen molar-refractivity contribution in [3.8, 4) is 61.8 Å². The molecule has 0 amide bonds. The second kappa shape index (κ2) is 16.6. The van der Waals surface area contributed by atoms with Crippen molar-refractivity contribution in [3.05, 3.63) is 204 Å². The van der Waals surface area contributed by atoms with E-state index in [4.69, 9.17) is 19.7 Å². The van der Waals surface area contributed by atoms with Gasteiger partial charge in [-0.1, -0.05) is 133 Å². The lowest BCUT2D eigenvalue weighted by molar-refractivity contribution is 0.412. The molecule has 0 spiro atoms. The molecule has 4 heteroatoms. The molecule has 0 radical (unpaired) electrons. The average Bonchev–Trinajstić information content (AvgIpc) is 3.26. The molecule has 0 aliphatic rings. The van der Waals surface area contributed by atoms with Crippen molar-refractivity contribution in [2.24, 2.45) is 0 Å². The minimum absolute atomic E-state index is 0.866. The molecule has 0 aliphatic carbocycles. The molecule has 8 aromatic rings. The van der Waals surface area contributed by atoms with Gasteiger partial charge in [0.2, 0.25) is 0 Å². The van der Waals surface area contributed by atoms with Crippen LogP contribution in [-0.2, 0) is 25.7 Å². The summed E-state index contributed by atoms with van der Waals surface area (Å²) >= 11 is 0. The zero-order valence-corrected chi connectivity index (χ0v) is 31.3. The van der Waals surface area contributed by atoms with Crippen LogP contribution in [0.5, 0.6) is 5.75 Å². The molecule has 55 heavy (non-hydrogen) atoms. The fourth-order valence-corrected chi connectivity index (χ4v) is 7.18. The lowest BCUT2D eigenvalue weighted by Gasteiger charge is -2.15. The lowest BCUT2D eigenvalue weighted by Crippen LogP contribution is -1.98. The first kappa shape index (κ1) is 35.4. The Morgan fingerprint density at radius 1 is 0.382 bits per heavy atom. The van der Waals surface area contributed by atoms with Gasteiger partial charge in [-0.15, -0.1) is 0 Å². The fraction of sp³-hybridized carbons (Fsp3) is 0.118. The molecule has 0 saturated carbocycles. The summed E-state index contributed by atoms with van der Waals surface area (Å²) in [6, 6.07) is 55.7. The van der Waals surface area contributed by atoms with Crippen molar-refractivity contribution < 1.29 is 4.74 Å². The van der Waals surface area contributed by atoms with Crippen LogP contribution in [0.3, 0.4) is 0 Å². The maximum atomic E-state index is 5.58. The number of hydrogen-bond acceptors (Lipinski definition) is 4. The van der Waals surface area contributed by atoms with Gasteiger partial charge < -0.3 is 4.74 Å². The normalized spacial score (nSPS) is 11.0. The Hall–Kier alpha value is -6.65. The summed E-state index contributed by atoms with van der Waals surface area (Å²) in [5.74, 6) is 0.866. The summed E-state index contributed by atoms with van der Waals surface area (Å²) in [7, 11) is 1.71. The minimum atomic E-state index is 0.866. The zero-order valence-electron chi connectivity index (χ0n) is 31.3. The third-order valence-electron chi connectivity index (χ3n) is 10.3. The van der Waals surface area contributed by atoms with Gasteiger partial charge in [0.1, 0.15) is 5.75 Å². The first-order chi connectivity index (χ1) is 27.1. The topological polar surface area (TPSA) is 47.9 Å². The Morgan fingerprint density at radius 2 is 0.855 bits per heavy atom. The van der Waals surface area contributed by atoms with E-state index in [0.29, 0.717) is 0 Å². The molecule has 268 valence electrons. The maximum absolute atomic E-state index is 5.58. The maximum Gasteiger partial charge on any atom is 0.122 e. The molecule has 3 aromatic heterocycles. The predicted molar refractivity (Wildman–Crippen MR) is 226 cm³/mol. The molecule has 0 atom stereocenters. The molecular weight excluding hydrogens is 671 g/mol. The van der Waals surface area contributed by atoms with Gasteiger partial charge in [-0.2, -0.15) is 0 Å². The highest BCUT2D eigenvalue weighted by atomic mass is 16.5. The number of nitrogens with zero attached hydrogens (tertiary/aromatic N) is 3. The Kier molecular flexibility index (Phi) is 10.7. The number of methoxy groups -OCH3 is 1. The number of pyridine rings is 3. The monoisotopic (exact) mass is 713 g/mol. The van der Waals surface area contributed by atoms with Crippen LogP contribution in [-0.4, -0.2) is 22.1 Å². The highest BCUT2D eigenvalue weighted by molar-refractivity contribution is 5.84. The van der Waals surface area contributed by atoms with E-state index in [1.54, 1.807) is 7.11 Å². The summed E-state index contributed by atoms with van der Waals surface area (Å²) in [6.07, 6.45) is 9.69. The number of aromatic nitrogens is 3. The number of rotatable bonds is 12. The molecule has 8 rings (SSSR count). The lowest BCUT2D eigenvalue weighted by atomic mass is 9.90. The van der Waals surface area contributed by atoms with E-state index in [1.165, 1.54) is 33.4 Å². The van der Waals surface area contributed by atoms with Crippen LogP contribution in [0.25, 0.3) is 56.0 Å². The Labute approximate surface area is 324 Å². The van der Waals surface area contributed by atoms with E-state index >= 15 is 0 Å². The van der Waals surface area contributed by atoms with Crippen molar-refractivity contribution in [2.45, 2.75) is 32.6 Å². The van der Waals surface area contributed by atoms with Crippen LogP contribution in [0.15, 0.2) is 176 Å². The number of benzene rings is 5. The number of aryl methyl sites for hydroxylation is 5. The van der Waals surface area contributed by atoms with Gasteiger partial charge in [-0.25, -0.2) is 0 Å². The molecule has 0 fully saturated rings. The smallest absolute Gasteiger partial charge is 0.122 e. The predicted octanol–water partition coefficient (Wildman–Crippen LogP) is 12.1. The minimum Gasteiger partial charge on any atom is -0.496 e. The molecule has 4 nitrogen and oxygen atoms in total. The SMILES string of the molecule is COc1cc(-c2ccc(-c3ccccc3-c3cc(CCc4ccc(-c5ccccc5)nc4)cc(CCc4ccc(-c5ccccc5)nc4)c3)cn2)ccc1C. The van der Waals surface area contributed by atoms with E-state index in [9.17, 15) is 0 Å². The van der Waals surface area contributed by atoms with E-state index in [0.717, 1.165) is 81.9 Å². The number of ether oxygens (including phenoxy) is 1. The van der Waals surface area contributed by atoms with Gasteiger partial charge in [0.25, 0.3) is 0 Å². The van der Waals surface area contributed by atoms with Crippen LogP contribution >= 0.6 is 0 Å². The molecule has 0 bridgehead atoms. The third kappa shape index (κ3) is 8.45. The van der Waals surface area contributed by atoms with Crippen molar-refractivity contribution in [2.75, 3.05) is 7.11 Å². The molecule has 5 aromatic carbocycles. The molecule has 0 saturated heterocycles. The van der Waals surface area contributed by atoms with Crippen molar-refractivity contribution in [1.29, 1.82) is 0 Å². The first-order valence-corrected chi connectivity index (χ1v) is 18.9. The zero-order chi connectivity index (χ0) is 37.4. The molecule has 0 N–H and O–H groups in total. The van der Waals surface area contributed by atoms with Crippen molar-refractivity contribution in [3.63, 3.8) is 0 Å². The largest absolute Gasteiger partial charge is 0.496 e. The van der Waals surface area contributed by atoms with Crippen LogP contribution in [0.4, 0.5) is 0 Å². The number of hydrogen-bond donors (Lipinski definition) is 0. The molecule has 3 heterocycles. The highest BCUT2D eigenvalue weighted by Gasteiger charge is 2.13. The summed E-state index contributed by atoms with van der Waals surface area (Å²) in [5.41, 5.74) is 17.1. The quantitative estimate of drug-likeness (QED) is 0.126. The standard InChI is InChI=1S/C51H43N3O/c1-36-17-24-43(32-51(36)55-2)50-28-25-44(35-54-50)46-15-9-10-16-47(46)45-30-39(20-18-37-22-26-48(52-33-37)41-11-5-3-6-12-41)29-40(31-45)21-19-38-23-27-49(53-34-38)42-13-7-4-8-14-42/h3-17,22-35H,18-21H2,1-2H3. The molecular formula is C51H43N3O. The summed E-state index contributed by atoms with van der Waals surface area (Å²) < 4.78 is 5.58. The van der Waals surface area contributed by atoms with Crippen LogP contribution < -0.4 is 4.74 Å². The van der Waals surface area contributed by atoms with Gasteiger partial charge in [-0.3, -0.25) is 15.0 Å². The second-order valence-electron chi connectivity index (χ2n) is 14.0. The Balaban J connectivity index is 1.08. The fourth-order valence-electron chi connectivity index (χ4n) is 7.18. The van der Waals surface area contributed by atoms with E-state index in [1.807, 2.05) is 30.7 Å². The van der Waals surface area contributed by atoms with Gasteiger partial charge in [0.05, 0.1) is 24.2 Å². The summed E-state index contributed by atoms with van der Waals surface area (Å²) in [4.78, 5) is 14.5. The van der Waals surface area contributed by atoms with E-state index in [-0.39, 0.29) is 0 Å². The van der Waals surface area contributed by atoms with Crippen molar-refractivity contribution >= 4 is 0 Å². The van der Waals surface area contributed by atoms with Crippen LogP contribution in [0.2, 0.25) is 0 Å². The van der Waals surface area contributed by atoms with E-state index < -0.39 is 0 Å². The summed E-state index contributed by atoms with van der Waals surface area (Å²) in [6.45, 7) is 2.05. The van der Waals surface area contributed by atoms with Gasteiger partial charge in [-0.05, 0) is 101 Å². The third-order valence-corrected chi connectivity index (χ3v) is 10.3. The first-order valence-electron chi connectivity index (χ1n) is 18.9. The Morgan fingerprint density at radius 3 is 1.36 bits per heavy atom. The van der Waals surface area contributed by atoms with Crippen molar-refractivity contribution in [1.82, 2.24) is 15.0 Å². The summed E-state index contributed by atoms with van der Waals surface area (Å²) in [5, 5.41) is 0. The van der Waals surface area contributed by atoms with Gasteiger partial charge in [0, 0.05) is 40.8 Å². The van der Waals surface area contributed by atoms with Gasteiger partial charge in [0.15, 0.2) is 0 Å². The van der Waals surface area contributed by atoms with Gasteiger partial charge >= 0.3 is 0 Å². The molecule has 0 unspecified atom stereocenters. The van der Waals surface area contributed by atoms with Crippen LogP contribution in [0, 0.1) is 6.92 Å². The second-order valence-corrected chi connectivity index (χ2v) is 14.0.